The van der Waals surface area contributed by atoms with Crippen LogP contribution in [0.3, 0.4) is 0 Å². The molecule has 4 nitrogen and oxygen atoms in total. The maximum Gasteiger partial charge on any atom is 0.138 e. The van der Waals surface area contributed by atoms with Crippen LogP contribution >= 0.6 is 0 Å². The Labute approximate surface area is 152 Å². The van der Waals surface area contributed by atoms with Crippen LogP contribution in [0.1, 0.15) is 18.5 Å². The van der Waals surface area contributed by atoms with Gasteiger partial charge in [0, 0.05) is 24.4 Å². The molecule has 0 saturated carbocycles. The lowest BCUT2D eigenvalue weighted by Crippen LogP contribution is -2.05. The van der Waals surface area contributed by atoms with Crippen LogP contribution in [0.25, 0.3) is 11.0 Å². The number of halogens is 1. The number of allylic oxidation sites excluding steroid dienone is 5. The number of rotatable bonds is 7. The number of ether oxygens (including phenoxy) is 2. The molecular formula is C21H21FN2O2. The summed E-state index contributed by atoms with van der Waals surface area (Å²) in [5.74, 6) is 7.20. The molecule has 0 bridgehead atoms. The summed E-state index contributed by atoms with van der Waals surface area (Å²) in [6.07, 6.45) is 11.2. The highest BCUT2D eigenvalue weighted by Gasteiger charge is 2.01. The molecule has 1 aliphatic carbocycles. The maximum atomic E-state index is 11.9. The summed E-state index contributed by atoms with van der Waals surface area (Å²) < 4.78 is 22.6. The minimum Gasteiger partial charge on any atom is -0.495 e. The molecule has 0 amide bonds. The maximum absolute atomic E-state index is 11.9. The van der Waals surface area contributed by atoms with Crippen LogP contribution in [0.4, 0.5) is 4.39 Å². The van der Waals surface area contributed by atoms with Crippen LogP contribution in [-0.2, 0) is 9.47 Å². The summed E-state index contributed by atoms with van der Waals surface area (Å²) in [4.78, 5) is 7.47. The Kier molecular flexibility index (Phi) is 6.63. The van der Waals surface area contributed by atoms with Crippen LogP contribution in [0.15, 0.2) is 60.0 Å². The topological polar surface area (TPSA) is 47.1 Å². The largest absolute Gasteiger partial charge is 0.495 e. The average Bonchev–Trinajstić information content (AvgIpc) is 2.94. The number of fused-ring (bicyclic) bond motifs is 1. The van der Waals surface area contributed by atoms with E-state index in [2.05, 4.69) is 34.0 Å². The van der Waals surface area contributed by atoms with Gasteiger partial charge in [0.2, 0.25) is 0 Å². The SMILES string of the molecule is FCCOCCOC1=CC=C(CC#Cc2cc3cccnc3[nH]2)C=CC1. The zero-order chi connectivity index (χ0) is 18.0. The molecule has 134 valence electrons. The second kappa shape index (κ2) is 9.59. The molecule has 0 aromatic carbocycles. The molecule has 0 unspecified atom stereocenters. The summed E-state index contributed by atoms with van der Waals surface area (Å²) in [7, 11) is 0. The molecule has 1 aliphatic rings. The van der Waals surface area contributed by atoms with Gasteiger partial charge in [-0.2, -0.15) is 0 Å². The molecule has 0 atom stereocenters. The third-order valence-corrected chi connectivity index (χ3v) is 3.78. The van der Waals surface area contributed by atoms with Gasteiger partial charge < -0.3 is 14.5 Å². The Balaban J connectivity index is 1.53. The van der Waals surface area contributed by atoms with Gasteiger partial charge in [-0.3, -0.25) is 0 Å². The summed E-state index contributed by atoms with van der Waals surface area (Å²) >= 11 is 0. The van der Waals surface area contributed by atoms with E-state index in [0.717, 1.165) is 34.5 Å². The Morgan fingerprint density at radius 1 is 1.23 bits per heavy atom. The predicted octanol–water partition coefficient (Wildman–Crippen LogP) is 4.08. The number of pyridine rings is 1. The second-order valence-corrected chi connectivity index (χ2v) is 5.73. The molecule has 2 aromatic heterocycles. The molecule has 0 fully saturated rings. The van der Waals surface area contributed by atoms with E-state index in [4.69, 9.17) is 9.47 Å². The van der Waals surface area contributed by atoms with Crippen molar-refractivity contribution >= 4 is 11.0 Å². The molecule has 2 heterocycles. The first-order valence-electron chi connectivity index (χ1n) is 8.60. The van der Waals surface area contributed by atoms with Crippen molar-refractivity contribution in [3.05, 3.63) is 65.7 Å². The first-order chi connectivity index (χ1) is 12.8. The lowest BCUT2D eigenvalue weighted by atomic mass is 10.1. The van der Waals surface area contributed by atoms with Crippen molar-refractivity contribution in [1.29, 1.82) is 0 Å². The van der Waals surface area contributed by atoms with Gasteiger partial charge in [-0.25, -0.2) is 9.37 Å². The number of hydrogen-bond acceptors (Lipinski definition) is 3. The third kappa shape index (κ3) is 5.33. The second-order valence-electron chi connectivity index (χ2n) is 5.73. The number of alkyl halides is 1. The van der Waals surface area contributed by atoms with Gasteiger partial charge in [-0.05, 0) is 35.8 Å². The normalized spacial score (nSPS) is 13.6. The van der Waals surface area contributed by atoms with E-state index >= 15 is 0 Å². The monoisotopic (exact) mass is 352 g/mol. The summed E-state index contributed by atoms with van der Waals surface area (Å²) in [5.41, 5.74) is 2.84. The Morgan fingerprint density at radius 2 is 2.19 bits per heavy atom. The van der Waals surface area contributed by atoms with Crippen LogP contribution in [0, 0.1) is 11.8 Å². The smallest absolute Gasteiger partial charge is 0.138 e. The number of nitrogens with zero attached hydrogens (tertiary/aromatic N) is 1. The van der Waals surface area contributed by atoms with Crippen molar-refractivity contribution in [3.63, 3.8) is 0 Å². The minimum atomic E-state index is -0.465. The molecule has 5 heteroatoms. The van der Waals surface area contributed by atoms with Gasteiger partial charge in [0.25, 0.3) is 0 Å². The van der Waals surface area contributed by atoms with E-state index in [1.807, 2.05) is 30.4 Å². The Hall–Kier alpha value is -2.84. The van der Waals surface area contributed by atoms with Gasteiger partial charge in [0.15, 0.2) is 0 Å². The lowest BCUT2D eigenvalue weighted by Gasteiger charge is -2.07. The first-order valence-corrected chi connectivity index (χ1v) is 8.60. The van der Waals surface area contributed by atoms with Crippen LogP contribution in [0.2, 0.25) is 0 Å². The van der Waals surface area contributed by atoms with Crippen LogP contribution < -0.4 is 0 Å². The standard InChI is InChI=1S/C21H21FN2O2/c22-11-13-25-14-15-26-20-8-2-5-17(9-10-20)4-1-7-19-16-18-6-3-12-23-21(18)24-19/h2-3,5-6,9-10,12,16H,4,8,11,13-15H2,(H,23,24). The van der Waals surface area contributed by atoms with Gasteiger partial charge >= 0.3 is 0 Å². The summed E-state index contributed by atoms with van der Waals surface area (Å²) in [6, 6.07) is 5.92. The van der Waals surface area contributed by atoms with Crippen molar-refractivity contribution in [1.82, 2.24) is 9.97 Å². The third-order valence-electron chi connectivity index (χ3n) is 3.78. The van der Waals surface area contributed by atoms with Crippen LogP contribution in [0.5, 0.6) is 0 Å². The molecule has 0 aliphatic heterocycles. The van der Waals surface area contributed by atoms with Crippen LogP contribution in [-0.4, -0.2) is 36.5 Å². The number of hydrogen-bond donors (Lipinski definition) is 1. The van der Waals surface area contributed by atoms with Gasteiger partial charge in [-0.1, -0.05) is 24.1 Å². The number of aromatic amines is 1. The highest BCUT2D eigenvalue weighted by Crippen LogP contribution is 2.15. The van der Waals surface area contributed by atoms with E-state index in [9.17, 15) is 4.39 Å². The highest BCUT2D eigenvalue weighted by atomic mass is 19.1. The molecule has 1 N–H and O–H groups in total. The van der Waals surface area contributed by atoms with Crippen molar-refractivity contribution in [2.75, 3.05) is 26.5 Å². The van der Waals surface area contributed by atoms with E-state index in [-0.39, 0.29) is 6.61 Å². The molecule has 26 heavy (non-hydrogen) atoms. The Morgan fingerprint density at radius 3 is 3.08 bits per heavy atom. The molecule has 3 rings (SSSR count). The molecule has 0 saturated heterocycles. The molecular weight excluding hydrogens is 331 g/mol. The zero-order valence-electron chi connectivity index (χ0n) is 14.5. The number of nitrogens with one attached hydrogen (secondary N) is 1. The van der Waals surface area contributed by atoms with Gasteiger partial charge in [-0.15, -0.1) is 0 Å². The van der Waals surface area contributed by atoms with E-state index in [1.165, 1.54) is 0 Å². The first kappa shape index (κ1) is 18.0. The number of aromatic nitrogens is 2. The Bertz CT molecular complexity index is 851. The van der Waals surface area contributed by atoms with Crippen molar-refractivity contribution in [2.45, 2.75) is 12.8 Å². The predicted molar refractivity (Wildman–Crippen MR) is 100 cm³/mol. The molecule has 0 spiro atoms. The van der Waals surface area contributed by atoms with E-state index < -0.39 is 6.67 Å². The summed E-state index contributed by atoms with van der Waals surface area (Å²) in [6.45, 7) is 0.481. The molecule has 2 aromatic rings. The average molecular weight is 352 g/mol. The van der Waals surface area contributed by atoms with Crippen molar-refractivity contribution in [2.24, 2.45) is 0 Å². The van der Waals surface area contributed by atoms with Crippen molar-refractivity contribution < 1.29 is 13.9 Å². The van der Waals surface area contributed by atoms with E-state index in [0.29, 0.717) is 19.6 Å². The zero-order valence-corrected chi connectivity index (χ0v) is 14.5. The van der Waals surface area contributed by atoms with Gasteiger partial charge in [0.05, 0.1) is 24.7 Å². The lowest BCUT2D eigenvalue weighted by molar-refractivity contribution is 0.0672. The van der Waals surface area contributed by atoms with Crippen molar-refractivity contribution in [3.8, 4) is 11.8 Å². The molecule has 0 radical (unpaired) electrons. The highest BCUT2D eigenvalue weighted by molar-refractivity contribution is 5.77. The fraction of sp³-hybridized carbons (Fsp3) is 0.286. The van der Waals surface area contributed by atoms with Gasteiger partial charge in [0.1, 0.15) is 18.9 Å². The minimum absolute atomic E-state index is 0.122. The summed E-state index contributed by atoms with van der Waals surface area (Å²) in [5, 5.41) is 1.06. The van der Waals surface area contributed by atoms with E-state index in [1.54, 1.807) is 6.20 Å². The quantitative estimate of drug-likeness (QED) is 0.603. The number of H-pyrrole nitrogens is 1. The fourth-order valence-electron chi connectivity index (χ4n) is 2.53. The fourth-order valence-corrected chi connectivity index (χ4v) is 2.53.